The molecule has 5 heteroatoms. The Hall–Kier alpha value is -1.59. The summed E-state index contributed by atoms with van der Waals surface area (Å²) in [7, 11) is 1.69. The lowest BCUT2D eigenvalue weighted by atomic mass is 10.0. The number of nitrogen functional groups attached to an aromatic ring is 1. The third-order valence-corrected chi connectivity index (χ3v) is 3.55. The summed E-state index contributed by atoms with van der Waals surface area (Å²) < 4.78 is 7.42. The minimum atomic E-state index is -0.637. The number of nitrogens with zero attached hydrogens (tertiary/aromatic N) is 2. The molecule has 0 bridgehead atoms. The van der Waals surface area contributed by atoms with Gasteiger partial charge in [0.1, 0.15) is 11.9 Å². The number of rotatable bonds is 5. The zero-order valence-electron chi connectivity index (χ0n) is 12.5. The van der Waals surface area contributed by atoms with Crippen molar-refractivity contribution in [2.24, 2.45) is 5.92 Å². The van der Waals surface area contributed by atoms with E-state index >= 15 is 0 Å². The fourth-order valence-corrected chi connectivity index (χ4v) is 2.51. The van der Waals surface area contributed by atoms with Gasteiger partial charge in [-0.15, -0.1) is 0 Å². The Balaban J connectivity index is 2.66. The Morgan fingerprint density at radius 3 is 2.60 bits per heavy atom. The van der Waals surface area contributed by atoms with Crippen molar-refractivity contribution in [2.45, 2.75) is 32.9 Å². The normalized spacial score (nSPS) is 14.9. The Morgan fingerprint density at radius 1 is 1.35 bits per heavy atom. The molecule has 0 spiro atoms. The molecule has 2 aromatic rings. The van der Waals surface area contributed by atoms with Crippen LogP contribution < -0.4 is 5.73 Å². The van der Waals surface area contributed by atoms with Crippen molar-refractivity contribution in [3.63, 3.8) is 0 Å². The van der Waals surface area contributed by atoms with E-state index in [9.17, 15) is 5.11 Å². The summed E-state index contributed by atoms with van der Waals surface area (Å²) in [6.07, 6.45) is -0.637. The molecule has 1 aromatic heterocycles. The fraction of sp³-hybridized carbons (Fsp3) is 0.533. The highest BCUT2D eigenvalue weighted by atomic mass is 16.5. The number of anilines is 1. The number of aliphatic hydroxyl groups excluding tert-OH is 1. The smallest absolute Gasteiger partial charge is 0.138 e. The molecular formula is C15H23N3O2. The first-order valence-electron chi connectivity index (χ1n) is 6.90. The lowest BCUT2D eigenvalue weighted by Gasteiger charge is -2.25. The quantitative estimate of drug-likeness (QED) is 0.824. The standard InChI is InChI=1S/C15H23N3O2/c1-9(2)14(8-20-4)18-13-6-5-11(16)7-12(13)17-15(18)10(3)19/h5-7,9-10,14,19H,8,16H2,1-4H3. The maximum absolute atomic E-state index is 10.0. The summed E-state index contributed by atoms with van der Waals surface area (Å²) in [5.74, 6) is 1.02. The van der Waals surface area contributed by atoms with Crippen LogP contribution in [0.1, 0.15) is 38.7 Å². The number of benzene rings is 1. The highest BCUT2D eigenvalue weighted by Crippen LogP contribution is 2.30. The van der Waals surface area contributed by atoms with Crippen LogP contribution in [0.25, 0.3) is 11.0 Å². The van der Waals surface area contributed by atoms with Crippen LogP contribution in [-0.2, 0) is 4.74 Å². The second-order valence-electron chi connectivity index (χ2n) is 5.53. The summed E-state index contributed by atoms with van der Waals surface area (Å²) in [6.45, 7) is 6.58. The molecule has 0 fully saturated rings. The summed E-state index contributed by atoms with van der Waals surface area (Å²) in [5.41, 5.74) is 8.28. The zero-order chi connectivity index (χ0) is 14.9. The van der Waals surface area contributed by atoms with Gasteiger partial charge in [-0.3, -0.25) is 0 Å². The number of fused-ring (bicyclic) bond motifs is 1. The van der Waals surface area contributed by atoms with Crippen molar-refractivity contribution >= 4 is 16.7 Å². The number of methoxy groups -OCH3 is 1. The molecule has 0 radical (unpaired) electrons. The predicted octanol–water partition coefficient (Wildman–Crippen LogP) is 2.52. The van der Waals surface area contributed by atoms with Crippen molar-refractivity contribution in [3.8, 4) is 0 Å². The summed E-state index contributed by atoms with van der Waals surface area (Å²) in [6, 6.07) is 5.77. The molecule has 3 N–H and O–H groups in total. The molecule has 0 amide bonds. The molecule has 110 valence electrons. The molecule has 1 aromatic carbocycles. The van der Waals surface area contributed by atoms with E-state index in [0.717, 1.165) is 11.0 Å². The third kappa shape index (κ3) is 2.64. The topological polar surface area (TPSA) is 73.3 Å². The molecule has 2 atom stereocenters. The van der Waals surface area contributed by atoms with Crippen molar-refractivity contribution in [1.29, 1.82) is 0 Å². The van der Waals surface area contributed by atoms with Gasteiger partial charge in [0.15, 0.2) is 0 Å². The number of aliphatic hydroxyl groups is 1. The van der Waals surface area contributed by atoms with E-state index in [4.69, 9.17) is 10.5 Å². The molecular weight excluding hydrogens is 254 g/mol. The number of hydrogen-bond donors (Lipinski definition) is 2. The minimum absolute atomic E-state index is 0.123. The van der Waals surface area contributed by atoms with Crippen LogP contribution in [0.2, 0.25) is 0 Å². The lowest BCUT2D eigenvalue weighted by Crippen LogP contribution is -2.23. The van der Waals surface area contributed by atoms with E-state index < -0.39 is 6.10 Å². The second kappa shape index (κ2) is 5.81. The largest absolute Gasteiger partial charge is 0.399 e. The minimum Gasteiger partial charge on any atom is -0.399 e. The molecule has 0 saturated heterocycles. The fourth-order valence-electron chi connectivity index (χ4n) is 2.51. The van der Waals surface area contributed by atoms with Crippen LogP contribution >= 0.6 is 0 Å². The molecule has 1 heterocycles. The molecule has 5 nitrogen and oxygen atoms in total. The maximum Gasteiger partial charge on any atom is 0.138 e. The molecule has 2 unspecified atom stereocenters. The van der Waals surface area contributed by atoms with Crippen molar-refractivity contribution in [1.82, 2.24) is 9.55 Å². The third-order valence-electron chi connectivity index (χ3n) is 3.55. The Morgan fingerprint density at radius 2 is 2.05 bits per heavy atom. The Labute approximate surface area is 119 Å². The monoisotopic (exact) mass is 277 g/mol. The van der Waals surface area contributed by atoms with Gasteiger partial charge in [0.2, 0.25) is 0 Å². The number of hydrogen-bond acceptors (Lipinski definition) is 4. The maximum atomic E-state index is 10.0. The summed E-state index contributed by atoms with van der Waals surface area (Å²) in [4.78, 5) is 4.54. The Bertz CT molecular complexity index is 590. The molecule has 2 rings (SSSR count). The number of imidazole rings is 1. The van der Waals surface area contributed by atoms with Gasteiger partial charge in [-0.2, -0.15) is 0 Å². The van der Waals surface area contributed by atoms with Gasteiger partial charge in [-0.05, 0) is 31.0 Å². The van der Waals surface area contributed by atoms with Crippen LogP contribution in [0.5, 0.6) is 0 Å². The van der Waals surface area contributed by atoms with Crippen LogP contribution in [0.15, 0.2) is 18.2 Å². The first-order valence-corrected chi connectivity index (χ1v) is 6.90. The lowest BCUT2D eigenvalue weighted by molar-refractivity contribution is 0.123. The van der Waals surface area contributed by atoms with Crippen molar-refractivity contribution in [3.05, 3.63) is 24.0 Å². The molecule has 20 heavy (non-hydrogen) atoms. The summed E-state index contributed by atoms with van der Waals surface area (Å²) >= 11 is 0. The van der Waals surface area contributed by atoms with Crippen LogP contribution in [0.3, 0.4) is 0 Å². The van der Waals surface area contributed by atoms with E-state index in [1.807, 2.05) is 18.2 Å². The van der Waals surface area contributed by atoms with E-state index in [0.29, 0.717) is 24.0 Å². The van der Waals surface area contributed by atoms with Gasteiger partial charge < -0.3 is 20.1 Å². The van der Waals surface area contributed by atoms with E-state index in [1.54, 1.807) is 14.0 Å². The summed E-state index contributed by atoms with van der Waals surface area (Å²) in [5, 5.41) is 10.0. The van der Waals surface area contributed by atoms with Gasteiger partial charge in [0.25, 0.3) is 0 Å². The molecule has 0 aliphatic carbocycles. The average molecular weight is 277 g/mol. The number of aromatic nitrogens is 2. The molecule has 0 saturated carbocycles. The zero-order valence-corrected chi connectivity index (χ0v) is 12.5. The number of nitrogens with two attached hydrogens (primary N) is 1. The Kier molecular flexibility index (Phi) is 4.30. The SMILES string of the molecule is COCC(C(C)C)n1c(C(C)O)nc2cc(N)ccc21. The highest BCUT2D eigenvalue weighted by Gasteiger charge is 2.24. The van der Waals surface area contributed by atoms with Crippen LogP contribution in [0.4, 0.5) is 5.69 Å². The molecule has 0 aliphatic rings. The first-order chi connectivity index (χ1) is 9.45. The predicted molar refractivity (Wildman–Crippen MR) is 80.5 cm³/mol. The van der Waals surface area contributed by atoms with Gasteiger partial charge in [0, 0.05) is 12.8 Å². The first kappa shape index (κ1) is 14.8. The number of ether oxygens (including phenoxy) is 1. The van der Waals surface area contributed by atoms with E-state index in [1.165, 1.54) is 0 Å². The van der Waals surface area contributed by atoms with Crippen LogP contribution in [0, 0.1) is 5.92 Å². The van der Waals surface area contributed by atoms with Crippen molar-refractivity contribution < 1.29 is 9.84 Å². The van der Waals surface area contributed by atoms with Gasteiger partial charge >= 0.3 is 0 Å². The van der Waals surface area contributed by atoms with Gasteiger partial charge in [-0.25, -0.2) is 4.98 Å². The van der Waals surface area contributed by atoms with Gasteiger partial charge in [-0.1, -0.05) is 13.8 Å². The average Bonchev–Trinajstić information content (AvgIpc) is 2.73. The van der Waals surface area contributed by atoms with Crippen molar-refractivity contribution in [2.75, 3.05) is 19.5 Å². The van der Waals surface area contributed by atoms with Crippen LogP contribution in [-0.4, -0.2) is 28.4 Å². The van der Waals surface area contributed by atoms with E-state index in [-0.39, 0.29) is 6.04 Å². The van der Waals surface area contributed by atoms with E-state index in [2.05, 4.69) is 23.4 Å². The molecule has 0 aliphatic heterocycles. The second-order valence-corrected chi connectivity index (χ2v) is 5.53. The van der Waals surface area contributed by atoms with Gasteiger partial charge in [0.05, 0.1) is 23.7 Å². The highest BCUT2D eigenvalue weighted by molar-refractivity contribution is 5.80.